The molecule has 0 aliphatic rings. The molecule has 0 aliphatic heterocycles. The van der Waals surface area contributed by atoms with Gasteiger partial charge in [-0.25, -0.2) is 0 Å². The van der Waals surface area contributed by atoms with E-state index < -0.39 is 6.10 Å². The van der Waals surface area contributed by atoms with Crippen LogP contribution in [0.25, 0.3) is 0 Å². The molecule has 0 radical (unpaired) electrons. The first kappa shape index (κ1) is 42.4. The first-order valence-electron chi connectivity index (χ1n) is 18.1. The highest BCUT2D eigenvalue weighted by Crippen LogP contribution is 2.10. The van der Waals surface area contributed by atoms with Gasteiger partial charge in [0.1, 0.15) is 13.2 Å². The van der Waals surface area contributed by atoms with Gasteiger partial charge < -0.3 is 14.2 Å². The summed E-state index contributed by atoms with van der Waals surface area (Å²) in [6, 6.07) is 0. The standard InChI is InChI=1S/C39H66O6/c1-4-7-10-13-14-15-16-17-18-19-20-21-22-23-24-27-29-32-38(41)44-35-36(45-39(42)33-30-26-12-9-6-3)34-43-37(40)31-28-25-11-8-5-2/h14-15,17-18,20-21,23-24,36H,4-13,16,19,22,25-35H2,1-3H3/b15-14-,18-17-,21-20-,24-23-. The fourth-order valence-corrected chi connectivity index (χ4v) is 4.55. The van der Waals surface area contributed by atoms with Gasteiger partial charge in [0.05, 0.1) is 0 Å². The molecule has 0 N–H and O–H groups in total. The Morgan fingerprint density at radius 1 is 0.444 bits per heavy atom. The van der Waals surface area contributed by atoms with Crippen molar-refractivity contribution in [2.45, 2.75) is 168 Å². The molecular weight excluding hydrogens is 564 g/mol. The van der Waals surface area contributed by atoms with Crippen LogP contribution in [0.2, 0.25) is 0 Å². The second kappa shape index (κ2) is 34.2. The van der Waals surface area contributed by atoms with E-state index in [0.29, 0.717) is 19.3 Å². The van der Waals surface area contributed by atoms with Crippen molar-refractivity contribution in [3.05, 3.63) is 48.6 Å². The van der Waals surface area contributed by atoms with Crippen LogP contribution in [0.3, 0.4) is 0 Å². The number of allylic oxidation sites excluding steroid dienone is 8. The Labute approximate surface area is 276 Å². The van der Waals surface area contributed by atoms with Gasteiger partial charge in [0, 0.05) is 19.3 Å². The third-order valence-electron chi connectivity index (χ3n) is 7.34. The molecule has 6 nitrogen and oxygen atoms in total. The molecule has 45 heavy (non-hydrogen) atoms. The topological polar surface area (TPSA) is 78.9 Å². The molecule has 0 spiro atoms. The predicted octanol–water partition coefficient (Wildman–Crippen LogP) is 10.9. The quantitative estimate of drug-likeness (QED) is 0.0328. The molecule has 0 rings (SSSR count). The molecule has 0 bridgehead atoms. The lowest BCUT2D eigenvalue weighted by Crippen LogP contribution is -2.30. The summed E-state index contributed by atoms with van der Waals surface area (Å²) in [4.78, 5) is 36.9. The zero-order valence-corrected chi connectivity index (χ0v) is 29.1. The molecule has 0 aliphatic carbocycles. The van der Waals surface area contributed by atoms with Crippen LogP contribution in [0.4, 0.5) is 0 Å². The Hall–Kier alpha value is -2.63. The van der Waals surface area contributed by atoms with Crippen LogP contribution in [0.15, 0.2) is 48.6 Å². The van der Waals surface area contributed by atoms with Crippen LogP contribution in [-0.2, 0) is 28.6 Å². The first-order valence-corrected chi connectivity index (χ1v) is 18.1. The molecule has 0 saturated carbocycles. The molecule has 0 amide bonds. The van der Waals surface area contributed by atoms with Gasteiger partial charge in [-0.15, -0.1) is 0 Å². The van der Waals surface area contributed by atoms with Crippen molar-refractivity contribution in [1.29, 1.82) is 0 Å². The number of unbranched alkanes of at least 4 members (excludes halogenated alkanes) is 12. The lowest BCUT2D eigenvalue weighted by atomic mass is 10.1. The van der Waals surface area contributed by atoms with Crippen molar-refractivity contribution in [3.8, 4) is 0 Å². The number of carbonyl (C=O) groups is 3. The van der Waals surface area contributed by atoms with Crippen molar-refractivity contribution in [1.82, 2.24) is 0 Å². The Balaban J connectivity index is 4.28. The lowest BCUT2D eigenvalue weighted by Gasteiger charge is -2.18. The lowest BCUT2D eigenvalue weighted by molar-refractivity contribution is -0.167. The van der Waals surface area contributed by atoms with Gasteiger partial charge in [0.15, 0.2) is 6.10 Å². The van der Waals surface area contributed by atoms with E-state index in [1.165, 1.54) is 32.1 Å². The Kier molecular flexibility index (Phi) is 32.2. The highest BCUT2D eigenvalue weighted by molar-refractivity contribution is 5.71. The van der Waals surface area contributed by atoms with Crippen molar-refractivity contribution < 1.29 is 28.6 Å². The third-order valence-corrected chi connectivity index (χ3v) is 7.34. The summed E-state index contributed by atoms with van der Waals surface area (Å²) < 4.78 is 16.3. The Morgan fingerprint density at radius 3 is 1.31 bits per heavy atom. The first-order chi connectivity index (χ1) is 22.0. The van der Waals surface area contributed by atoms with E-state index >= 15 is 0 Å². The molecular formula is C39H66O6. The second-order valence-corrected chi connectivity index (χ2v) is 11.8. The fourth-order valence-electron chi connectivity index (χ4n) is 4.55. The maximum absolute atomic E-state index is 12.4. The smallest absolute Gasteiger partial charge is 0.306 e. The molecule has 0 heterocycles. The SMILES string of the molecule is CCCCC/C=C\C/C=C\C/C=C\C/C=C\CCCC(=O)OCC(COC(=O)CCCCCCC)OC(=O)CCCCCCC. The maximum atomic E-state index is 12.4. The molecule has 0 aromatic carbocycles. The molecule has 1 unspecified atom stereocenters. The maximum Gasteiger partial charge on any atom is 0.306 e. The minimum atomic E-state index is -0.783. The summed E-state index contributed by atoms with van der Waals surface area (Å²) >= 11 is 0. The number of carbonyl (C=O) groups excluding carboxylic acids is 3. The fraction of sp³-hybridized carbons (Fsp3) is 0.718. The number of hydrogen-bond donors (Lipinski definition) is 0. The predicted molar refractivity (Wildman–Crippen MR) is 187 cm³/mol. The van der Waals surface area contributed by atoms with E-state index in [1.807, 2.05) is 0 Å². The summed E-state index contributed by atoms with van der Waals surface area (Å²) in [7, 11) is 0. The van der Waals surface area contributed by atoms with Gasteiger partial charge >= 0.3 is 17.9 Å². The third kappa shape index (κ3) is 32.6. The molecule has 0 fully saturated rings. The normalized spacial score (nSPS) is 12.5. The monoisotopic (exact) mass is 630 g/mol. The number of hydrogen-bond acceptors (Lipinski definition) is 6. The van der Waals surface area contributed by atoms with Crippen molar-refractivity contribution in [3.63, 3.8) is 0 Å². The molecule has 0 saturated heterocycles. The molecule has 0 aromatic rings. The summed E-state index contributed by atoms with van der Waals surface area (Å²) in [5.41, 5.74) is 0. The van der Waals surface area contributed by atoms with Gasteiger partial charge in [-0.2, -0.15) is 0 Å². The van der Waals surface area contributed by atoms with Crippen LogP contribution in [0, 0.1) is 0 Å². The average Bonchev–Trinajstić information content (AvgIpc) is 3.03. The van der Waals surface area contributed by atoms with Gasteiger partial charge in [-0.1, -0.05) is 134 Å². The van der Waals surface area contributed by atoms with Gasteiger partial charge in [0.2, 0.25) is 0 Å². The summed E-state index contributed by atoms with van der Waals surface area (Å²) in [5.74, 6) is -0.991. The van der Waals surface area contributed by atoms with Crippen molar-refractivity contribution in [2.75, 3.05) is 13.2 Å². The zero-order chi connectivity index (χ0) is 33.1. The number of esters is 3. The van der Waals surface area contributed by atoms with Crippen LogP contribution >= 0.6 is 0 Å². The van der Waals surface area contributed by atoms with E-state index in [0.717, 1.165) is 83.5 Å². The summed E-state index contributed by atoms with van der Waals surface area (Å²) in [6.45, 7) is 6.34. The average molecular weight is 631 g/mol. The van der Waals surface area contributed by atoms with Gasteiger partial charge in [-0.05, 0) is 57.8 Å². The van der Waals surface area contributed by atoms with Crippen molar-refractivity contribution in [2.24, 2.45) is 0 Å². The van der Waals surface area contributed by atoms with E-state index in [-0.39, 0.29) is 37.5 Å². The Bertz CT molecular complexity index is 825. The van der Waals surface area contributed by atoms with Crippen molar-refractivity contribution >= 4 is 17.9 Å². The van der Waals surface area contributed by atoms with Crippen LogP contribution in [-0.4, -0.2) is 37.2 Å². The van der Waals surface area contributed by atoms with Gasteiger partial charge in [-0.3, -0.25) is 14.4 Å². The van der Waals surface area contributed by atoms with Crippen LogP contribution in [0.5, 0.6) is 0 Å². The number of ether oxygens (including phenoxy) is 3. The second-order valence-electron chi connectivity index (χ2n) is 11.8. The highest BCUT2D eigenvalue weighted by atomic mass is 16.6. The van der Waals surface area contributed by atoms with Gasteiger partial charge in [0.25, 0.3) is 0 Å². The largest absolute Gasteiger partial charge is 0.462 e. The van der Waals surface area contributed by atoms with E-state index in [9.17, 15) is 14.4 Å². The van der Waals surface area contributed by atoms with Crippen LogP contribution < -0.4 is 0 Å². The van der Waals surface area contributed by atoms with Crippen LogP contribution in [0.1, 0.15) is 162 Å². The molecule has 0 aromatic heterocycles. The minimum Gasteiger partial charge on any atom is -0.462 e. The minimum absolute atomic E-state index is 0.0924. The Morgan fingerprint density at radius 2 is 0.822 bits per heavy atom. The van der Waals surface area contributed by atoms with E-state index in [4.69, 9.17) is 14.2 Å². The number of rotatable bonds is 31. The molecule has 1 atom stereocenters. The molecule has 6 heteroatoms. The highest BCUT2D eigenvalue weighted by Gasteiger charge is 2.19. The van der Waals surface area contributed by atoms with E-state index in [2.05, 4.69) is 69.4 Å². The molecule has 258 valence electrons. The zero-order valence-electron chi connectivity index (χ0n) is 29.1. The summed E-state index contributed by atoms with van der Waals surface area (Å²) in [5, 5.41) is 0. The summed E-state index contributed by atoms with van der Waals surface area (Å²) in [6.07, 6.45) is 37.3. The van der Waals surface area contributed by atoms with E-state index in [1.54, 1.807) is 0 Å².